The Kier molecular flexibility index (Phi) is 8.30. The van der Waals surface area contributed by atoms with Crippen LogP contribution in [0, 0.1) is 6.92 Å². The average Bonchev–Trinajstić information content (AvgIpc) is 3.04. The second-order valence-electron chi connectivity index (χ2n) is 9.13. The standard InChI is InChI=1S/C31H34N2O2/c1-23-13-15-24(16-14-23)22-32-31(35)30(19-21-34)33(2)20-7-12-29-27-10-5-3-8-25(27)17-18-26-9-4-6-11-28(26)29/h3-6,8-18,30,34H,7,19-22H2,1-2H3,(H,32,35). The first-order valence-corrected chi connectivity index (χ1v) is 12.3. The number of carbonyl (C=O) groups excluding carboxylic acids is 1. The average molecular weight is 467 g/mol. The third-order valence-electron chi connectivity index (χ3n) is 6.60. The van der Waals surface area contributed by atoms with Crippen molar-refractivity contribution in [2.45, 2.75) is 32.4 Å². The molecule has 0 bridgehead atoms. The SMILES string of the molecule is Cc1ccc(CNC(=O)C(CCO)N(C)CCC=C2c3ccccc3C=Cc3ccccc32)cc1. The number of benzene rings is 3. The zero-order valence-electron chi connectivity index (χ0n) is 20.6. The number of aryl methyl sites for hydroxylation is 1. The molecule has 0 saturated heterocycles. The first-order valence-electron chi connectivity index (χ1n) is 12.3. The van der Waals surface area contributed by atoms with E-state index in [1.54, 1.807) is 0 Å². The number of rotatable bonds is 9. The van der Waals surface area contributed by atoms with Crippen LogP contribution in [0.2, 0.25) is 0 Å². The van der Waals surface area contributed by atoms with Crippen LogP contribution in [0.3, 0.4) is 0 Å². The molecule has 0 saturated carbocycles. The Balaban J connectivity index is 1.46. The van der Waals surface area contributed by atoms with E-state index in [4.69, 9.17) is 0 Å². The van der Waals surface area contributed by atoms with E-state index in [2.05, 4.69) is 72.1 Å². The van der Waals surface area contributed by atoms with E-state index < -0.39 is 0 Å². The number of hydrogen-bond acceptors (Lipinski definition) is 3. The molecule has 4 nitrogen and oxygen atoms in total. The van der Waals surface area contributed by atoms with Crippen molar-refractivity contribution in [3.8, 4) is 0 Å². The summed E-state index contributed by atoms with van der Waals surface area (Å²) in [5.41, 5.74) is 8.34. The summed E-state index contributed by atoms with van der Waals surface area (Å²) in [5.74, 6) is -0.0517. The van der Waals surface area contributed by atoms with Gasteiger partial charge in [0, 0.05) is 19.7 Å². The van der Waals surface area contributed by atoms with Gasteiger partial charge >= 0.3 is 0 Å². The Morgan fingerprint density at radius 1 is 0.943 bits per heavy atom. The maximum Gasteiger partial charge on any atom is 0.237 e. The largest absolute Gasteiger partial charge is 0.396 e. The predicted molar refractivity (Wildman–Crippen MR) is 145 cm³/mol. The van der Waals surface area contributed by atoms with Gasteiger partial charge in [0.25, 0.3) is 0 Å². The number of carbonyl (C=O) groups is 1. The second kappa shape index (κ2) is 11.8. The second-order valence-corrected chi connectivity index (χ2v) is 9.13. The van der Waals surface area contributed by atoms with Crippen LogP contribution in [0.4, 0.5) is 0 Å². The maximum atomic E-state index is 13.0. The number of likely N-dealkylation sites (N-methyl/N-ethyl adjacent to an activating group) is 1. The summed E-state index contributed by atoms with van der Waals surface area (Å²) >= 11 is 0. The zero-order chi connectivity index (χ0) is 24.6. The lowest BCUT2D eigenvalue weighted by atomic mass is 9.93. The normalized spacial score (nSPS) is 13.1. The third-order valence-corrected chi connectivity index (χ3v) is 6.60. The highest BCUT2D eigenvalue weighted by atomic mass is 16.3. The van der Waals surface area contributed by atoms with E-state index in [1.165, 1.54) is 33.4 Å². The van der Waals surface area contributed by atoms with Gasteiger partial charge < -0.3 is 10.4 Å². The first-order chi connectivity index (χ1) is 17.1. The quantitative estimate of drug-likeness (QED) is 0.352. The van der Waals surface area contributed by atoms with Crippen LogP contribution >= 0.6 is 0 Å². The van der Waals surface area contributed by atoms with Crippen LogP contribution < -0.4 is 5.32 Å². The molecule has 0 aromatic heterocycles. The molecule has 0 spiro atoms. The molecule has 180 valence electrons. The molecule has 4 heteroatoms. The minimum Gasteiger partial charge on any atom is -0.396 e. The van der Waals surface area contributed by atoms with Gasteiger partial charge in [0.05, 0.1) is 6.04 Å². The fourth-order valence-corrected chi connectivity index (χ4v) is 4.58. The van der Waals surface area contributed by atoms with Crippen molar-refractivity contribution in [1.82, 2.24) is 10.2 Å². The minimum absolute atomic E-state index is 0.0273. The van der Waals surface area contributed by atoms with Gasteiger partial charge in [-0.3, -0.25) is 9.69 Å². The highest BCUT2D eigenvalue weighted by Gasteiger charge is 2.22. The van der Waals surface area contributed by atoms with Crippen LogP contribution in [0.15, 0.2) is 78.9 Å². The number of fused-ring (bicyclic) bond motifs is 2. The number of nitrogens with one attached hydrogen (secondary N) is 1. The number of aliphatic hydroxyl groups excluding tert-OH is 1. The molecule has 1 aliphatic carbocycles. The fourth-order valence-electron chi connectivity index (χ4n) is 4.58. The smallest absolute Gasteiger partial charge is 0.237 e. The molecule has 35 heavy (non-hydrogen) atoms. The fraction of sp³-hybridized carbons (Fsp3) is 0.258. The summed E-state index contributed by atoms with van der Waals surface area (Å²) in [4.78, 5) is 15.0. The third kappa shape index (κ3) is 6.16. The van der Waals surface area contributed by atoms with Crippen molar-refractivity contribution in [3.05, 3.63) is 112 Å². The number of aliphatic hydroxyl groups is 1. The van der Waals surface area contributed by atoms with Crippen LogP contribution in [0.5, 0.6) is 0 Å². The van der Waals surface area contributed by atoms with Gasteiger partial charge in [0.2, 0.25) is 5.91 Å². The topological polar surface area (TPSA) is 52.6 Å². The van der Waals surface area contributed by atoms with Gasteiger partial charge in [-0.15, -0.1) is 0 Å². The molecule has 0 radical (unpaired) electrons. The molecule has 1 atom stereocenters. The summed E-state index contributed by atoms with van der Waals surface area (Å²) in [6, 6.07) is 24.7. The molecule has 1 unspecified atom stereocenters. The van der Waals surface area contributed by atoms with Crippen molar-refractivity contribution in [3.63, 3.8) is 0 Å². The Morgan fingerprint density at radius 2 is 1.54 bits per heavy atom. The summed E-state index contributed by atoms with van der Waals surface area (Å²) in [7, 11) is 1.96. The van der Waals surface area contributed by atoms with E-state index in [1.807, 2.05) is 43.1 Å². The highest BCUT2D eigenvalue weighted by molar-refractivity contribution is 5.93. The monoisotopic (exact) mass is 466 g/mol. The number of amides is 1. The molecule has 3 aromatic rings. The van der Waals surface area contributed by atoms with E-state index in [9.17, 15) is 9.90 Å². The molecular weight excluding hydrogens is 432 g/mol. The molecule has 2 N–H and O–H groups in total. The van der Waals surface area contributed by atoms with Gasteiger partial charge in [-0.2, -0.15) is 0 Å². The molecule has 3 aromatic carbocycles. The lowest BCUT2D eigenvalue weighted by Gasteiger charge is -2.26. The Hall–Kier alpha value is -3.47. The van der Waals surface area contributed by atoms with Crippen molar-refractivity contribution < 1.29 is 9.90 Å². The van der Waals surface area contributed by atoms with Crippen LogP contribution in [0.1, 0.15) is 46.2 Å². The summed E-state index contributed by atoms with van der Waals surface area (Å²) in [6.45, 7) is 3.22. The van der Waals surface area contributed by atoms with E-state index >= 15 is 0 Å². The van der Waals surface area contributed by atoms with E-state index in [0.29, 0.717) is 19.5 Å². The van der Waals surface area contributed by atoms with Crippen LogP contribution in [0.25, 0.3) is 17.7 Å². The summed E-state index contributed by atoms with van der Waals surface area (Å²) in [5, 5.41) is 12.6. The van der Waals surface area contributed by atoms with Crippen LogP contribution in [-0.4, -0.2) is 42.2 Å². The lowest BCUT2D eigenvalue weighted by molar-refractivity contribution is -0.126. The van der Waals surface area contributed by atoms with Gasteiger partial charge in [0.15, 0.2) is 0 Å². The zero-order valence-corrected chi connectivity index (χ0v) is 20.6. The predicted octanol–water partition coefficient (Wildman–Crippen LogP) is 5.30. The maximum absolute atomic E-state index is 13.0. The molecule has 1 amide bonds. The van der Waals surface area contributed by atoms with Gasteiger partial charge in [0.1, 0.15) is 0 Å². The number of hydrogen-bond donors (Lipinski definition) is 2. The molecule has 4 rings (SSSR count). The van der Waals surface area contributed by atoms with Crippen molar-refractivity contribution in [2.75, 3.05) is 20.2 Å². The minimum atomic E-state index is -0.376. The van der Waals surface area contributed by atoms with Crippen molar-refractivity contribution >= 4 is 23.6 Å². The Labute approximate surface area is 208 Å². The van der Waals surface area contributed by atoms with Crippen molar-refractivity contribution in [1.29, 1.82) is 0 Å². The van der Waals surface area contributed by atoms with Crippen molar-refractivity contribution in [2.24, 2.45) is 0 Å². The van der Waals surface area contributed by atoms with Gasteiger partial charge in [-0.05, 0) is 60.2 Å². The summed E-state index contributed by atoms with van der Waals surface area (Å²) < 4.78 is 0. The lowest BCUT2D eigenvalue weighted by Crippen LogP contribution is -2.45. The van der Waals surface area contributed by atoms with Crippen LogP contribution in [-0.2, 0) is 11.3 Å². The van der Waals surface area contributed by atoms with Gasteiger partial charge in [-0.1, -0.05) is 96.6 Å². The number of nitrogens with zero attached hydrogens (tertiary/aromatic N) is 1. The molecule has 1 aliphatic rings. The Morgan fingerprint density at radius 3 is 2.14 bits per heavy atom. The first kappa shape index (κ1) is 24.6. The molecule has 0 heterocycles. The van der Waals surface area contributed by atoms with E-state index in [-0.39, 0.29) is 18.6 Å². The Bertz CT molecular complexity index is 1160. The highest BCUT2D eigenvalue weighted by Crippen LogP contribution is 2.33. The molecule has 0 fully saturated rings. The summed E-state index contributed by atoms with van der Waals surface area (Å²) in [6.07, 6.45) is 7.83. The molecule has 0 aliphatic heterocycles. The molecular formula is C31H34N2O2. The van der Waals surface area contributed by atoms with Gasteiger partial charge in [-0.25, -0.2) is 0 Å². The van der Waals surface area contributed by atoms with E-state index in [0.717, 1.165) is 12.0 Å².